The maximum absolute atomic E-state index is 10.2. The van der Waals surface area contributed by atoms with Crippen molar-refractivity contribution in [3.05, 3.63) is 119 Å². The van der Waals surface area contributed by atoms with Gasteiger partial charge in [-0.05, 0) is 77.9 Å². The molecule has 3 aliphatic rings. The van der Waals surface area contributed by atoms with Gasteiger partial charge >= 0.3 is 0 Å². The van der Waals surface area contributed by atoms with E-state index in [4.69, 9.17) is 4.74 Å². The normalized spacial score (nSPS) is 32.3. The van der Waals surface area contributed by atoms with Crippen LogP contribution in [0.5, 0.6) is 0 Å². The molecule has 0 aromatic carbocycles. The van der Waals surface area contributed by atoms with Crippen LogP contribution in [0.3, 0.4) is 0 Å². The Morgan fingerprint density at radius 1 is 0.674 bits per heavy atom. The molecule has 2 fully saturated rings. The zero-order valence-electron chi connectivity index (χ0n) is 28.4. The van der Waals surface area contributed by atoms with Gasteiger partial charge in [-0.1, -0.05) is 135 Å². The lowest BCUT2D eigenvalue weighted by molar-refractivity contribution is 0.0515. The summed E-state index contributed by atoms with van der Waals surface area (Å²) in [4.78, 5) is 0. The highest BCUT2D eigenvalue weighted by Gasteiger charge is 2.74. The van der Waals surface area contributed by atoms with Crippen molar-refractivity contribution < 1.29 is 14.9 Å². The van der Waals surface area contributed by atoms with Crippen LogP contribution in [0.4, 0.5) is 0 Å². The van der Waals surface area contributed by atoms with Crippen LogP contribution in [0, 0.1) is 10.8 Å². The third-order valence-electron chi connectivity index (χ3n) is 9.34. The Kier molecular flexibility index (Phi) is 11.3. The first-order chi connectivity index (χ1) is 20.0. The lowest BCUT2D eigenvalue weighted by Gasteiger charge is -2.39. The summed E-state index contributed by atoms with van der Waals surface area (Å²) in [6.45, 7) is 21.5. The first kappa shape index (κ1) is 34.8. The van der Waals surface area contributed by atoms with Crippen molar-refractivity contribution in [2.24, 2.45) is 10.8 Å². The fourth-order valence-electron chi connectivity index (χ4n) is 7.06. The van der Waals surface area contributed by atoms with Gasteiger partial charge in [-0.2, -0.15) is 0 Å². The minimum Gasteiger partial charge on any atom is -0.393 e. The van der Waals surface area contributed by atoms with Crippen LogP contribution < -0.4 is 0 Å². The van der Waals surface area contributed by atoms with E-state index in [1.807, 2.05) is 0 Å². The summed E-state index contributed by atoms with van der Waals surface area (Å²) in [7, 11) is 0. The second-order valence-corrected chi connectivity index (χ2v) is 14.6. The number of epoxide rings is 1. The largest absolute Gasteiger partial charge is 0.393 e. The molecule has 0 spiro atoms. The zero-order valence-corrected chi connectivity index (χ0v) is 28.4. The number of ether oxygens (including phenoxy) is 1. The zero-order chi connectivity index (χ0) is 32.1. The highest BCUT2D eigenvalue weighted by Crippen LogP contribution is 2.66. The molecule has 0 amide bonds. The molecule has 4 atom stereocenters. The minimum absolute atomic E-state index is 0.00262. The number of allylic oxidation sites excluding steroid dienone is 18. The van der Waals surface area contributed by atoms with Crippen molar-refractivity contribution in [2.45, 2.75) is 118 Å². The topological polar surface area (TPSA) is 53.0 Å². The van der Waals surface area contributed by atoms with Crippen LogP contribution in [-0.4, -0.2) is 33.6 Å². The summed E-state index contributed by atoms with van der Waals surface area (Å²) < 4.78 is 6.25. The van der Waals surface area contributed by atoms with E-state index in [9.17, 15) is 10.2 Å². The molecule has 0 bridgehead atoms. The molecule has 3 nitrogen and oxygen atoms in total. The van der Waals surface area contributed by atoms with E-state index < -0.39 is 0 Å². The smallest absolute Gasteiger partial charge is 0.121 e. The highest BCUT2D eigenvalue weighted by molar-refractivity contribution is 5.39. The molecule has 43 heavy (non-hydrogen) atoms. The van der Waals surface area contributed by atoms with E-state index >= 15 is 0 Å². The average molecular weight is 585 g/mol. The molecular weight excluding hydrogens is 528 g/mol. The van der Waals surface area contributed by atoms with Crippen LogP contribution in [0.1, 0.15) is 94.9 Å². The Balaban J connectivity index is 1.50. The number of rotatable bonds is 10. The van der Waals surface area contributed by atoms with Crippen molar-refractivity contribution in [1.82, 2.24) is 0 Å². The molecule has 1 aliphatic heterocycles. The highest BCUT2D eigenvalue weighted by atomic mass is 16.6. The molecule has 234 valence electrons. The Hall–Kier alpha value is -2.72. The Bertz CT molecular complexity index is 1330. The SMILES string of the molecule is CC1=C(/C=C/C(C)=C/C=C/C(C)=C/C=C/C=C(C)/C=C/C=C(C)\C=C\[C@]23O[C@]2(C)C[C@@H](O)CC3(C)C)C(C)(C)C[C@H](O)C1. The van der Waals surface area contributed by atoms with Gasteiger partial charge < -0.3 is 14.9 Å². The molecule has 1 saturated heterocycles. The first-order valence-corrected chi connectivity index (χ1v) is 15.9. The van der Waals surface area contributed by atoms with E-state index in [0.717, 1.165) is 19.3 Å². The lowest BCUT2D eigenvalue weighted by atomic mass is 9.63. The number of hydrogen-bond donors (Lipinski definition) is 2. The number of aliphatic hydroxyl groups excluding tert-OH is 2. The Morgan fingerprint density at radius 2 is 1.19 bits per heavy atom. The molecule has 2 N–H and O–H groups in total. The standard InChI is InChI=1S/C40H56O3/c1-29(17-13-19-31(3)21-22-36-33(5)25-34(41)26-37(36,6)7)15-11-12-16-30(2)18-14-20-32(4)23-24-40-38(8,9)27-35(42)28-39(40,10)43-40/h11-24,34-35,41-42H,25-28H2,1-10H3/b12-11+,17-13+,18-14+,22-21+,24-23+,29-15+,30-16+,31-19+,32-20-/t34-,35+,39-,40-/m1/s1. The minimum atomic E-state index is -0.291. The van der Waals surface area contributed by atoms with Gasteiger partial charge in [0, 0.05) is 11.8 Å². The van der Waals surface area contributed by atoms with Gasteiger partial charge in [0.1, 0.15) is 11.2 Å². The predicted octanol–water partition coefficient (Wildman–Crippen LogP) is 9.76. The number of hydrogen-bond acceptors (Lipinski definition) is 3. The van der Waals surface area contributed by atoms with E-state index in [1.54, 1.807) is 0 Å². The quantitative estimate of drug-likeness (QED) is 0.198. The molecule has 2 aliphatic carbocycles. The Morgan fingerprint density at radius 3 is 1.72 bits per heavy atom. The van der Waals surface area contributed by atoms with Crippen molar-refractivity contribution in [2.75, 3.05) is 0 Å². The van der Waals surface area contributed by atoms with E-state index in [0.29, 0.717) is 6.42 Å². The van der Waals surface area contributed by atoms with Gasteiger partial charge in [0.15, 0.2) is 0 Å². The summed E-state index contributed by atoms with van der Waals surface area (Å²) in [6.07, 6.45) is 32.3. The fourth-order valence-corrected chi connectivity index (χ4v) is 7.06. The van der Waals surface area contributed by atoms with Crippen molar-refractivity contribution in [3.63, 3.8) is 0 Å². The summed E-state index contributed by atoms with van der Waals surface area (Å²) in [5, 5.41) is 20.4. The van der Waals surface area contributed by atoms with Gasteiger partial charge in [-0.15, -0.1) is 0 Å². The fraction of sp³-hybridized carbons (Fsp3) is 0.500. The molecule has 0 unspecified atom stereocenters. The van der Waals surface area contributed by atoms with Gasteiger partial charge in [0.2, 0.25) is 0 Å². The lowest BCUT2D eigenvalue weighted by Crippen LogP contribution is -2.46. The second kappa shape index (κ2) is 13.9. The van der Waals surface area contributed by atoms with Crippen molar-refractivity contribution in [1.29, 1.82) is 0 Å². The molecule has 1 saturated carbocycles. The maximum Gasteiger partial charge on any atom is 0.121 e. The van der Waals surface area contributed by atoms with Crippen molar-refractivity contribution in [3.8, 4) is 0 Å². The van der Waals surface area contributed by atoms with E-state index in [-0.39, 0.29) is 34.2 Å². The van der Waals surface area contributed by atoms with Gasteiger partial charge in [0.25, 0.3) is 0 Å². The monoisotopic (exact) mass is 584 g/mol. The molecule has 0 radical (unpaired) electrons. The molecule has 3 heteroatoms. The van der Waals surface area contributed by atoms with Gasteiger partial charge in [-0.25, -0.2) is 0 Å². The molecule has 0 aromatic rings. The van der Waals surface area contributed by atoms with Gasteiger partial charge in [-0.3, -0.25) is 0 Å². The van der Waals surface area contributed by atoms with E-state index in [1.165, 1.54) is 33.4 Å². The molecule has 3 rings (SSSR count). The van der Waals surface area contributed by atoms with Crippen molar-refractivity contribution >= 4 is 0 Å². The summed E-state index contributed by atoms with van der Waals surface area (Å²) in [5.41, 5.74) is 6.71. The Labute approximate surface area is 262 Å². The van der Waals surface area contributed by atoms with Crippen LogP contribution in [0.15, 0.2) is 119 Å². The third-order valence-corrected chi connectivity index (χ3v) is 9.34. The molecule has 0 aromatic heterocycles. The summed E-state index contributed by atoms with van der Waals surface area (Å²) in [6, 6.07) is 0. The first-order valence-electron chi connectivity index (χ1n) is 15.9. The van der Waals surface area contributed by atoms with Crippen LogP contribution >= 0.6 is 0 Å². The third kappa shape index (κ3) is 8.91. The van der Waals surface area contributed by atoms with Crippen LogP contribution in [0.25, 0.3) is 0 Å². The average Bonchev–Trinajstić information content (AvgIpc) is 3.49. The molecule has 1 heterocycles. The van der Waals surface area contributed by atoms with Crippen LogP contribution in [0.2, 0.25) is 0 Å². The second-order valence-electron chi connectivity index (χ2n) is 14.6. The van der Waals surface area contributed by atoms with Crippen LogP contribution in [-0.2, 0) is 4.74 Å². The van der Waals surface area contributed by atoms with E-state index in [2.05, 4.69) is 154 Å². The number of fused-ring (bicyclic) bond motifs is 1. The van der Waals surface area contributed by atoms with Gasteiger partial charge in [0.05, 0.1) is 12.2 Å². The predicted molar refractivity (Wildman–Crippen MR) is 184 cm³/mol. The molecular formula is C40H56O3. The summed E-state index contributed by atoms with van der Waals surface area (Å²) in [5.74, 6) is 0. The number of aliphatic hydroxyl groups is 2. The summed E-state index contributed by atoms with van der Waals surface area (Å²) >= 11 is 0. The maximum atomic E-state index is 10.2.